The molecule has 47 heavy (non-hydrogen) atoms. The number of aryl methyl sites for hydroxylation is 2. The molecule has 1 unspecified atom stereocenters. The molecule has 0 bridgehead atoms. The number of nitrogens with one attached hydrogen (secondary N) is 3. The smallest absolute Gasteiger partial charge is 0.370 e. The minimum absolute atomic E-state index is 0.0473. The molecule has 0 spiro atoms. The van der Waals surface area contributed by atoms with Gasteiger partial charge >= 0.3 is 6.15 Å². The van der Waals surface area contributed by atoms with Crippen LogP contribution in [0.25, 0.3) is 0 Å². The van der Waals surface area contributed by atoms with E-state index in [1.54, 1.807) is 4.90 Å². The quantitative estimate of drug-likeness (QED) is 0.256. The van der Waals surface area contributed by atoms with Gasteiger partial charge in [0, 0.05) is 25.4 Å². The number of primary amides is 1. The Morgan fingerprint density at radius 2 is 1.55 bits per heavy atom. The van der Waals surface area contributed by atoms with Crippen molar-refractivity contribution in [3.05, 3.63) is 71.3 Å². The Balaban J connectivity index is 0.00000192. The van der Waals surface area contributed by atoms with Crippen LogP contribution >= 0.6 is 0 Å². The lowest BCUT2D eigenvalue weighted by Crippen LogP contribution is -2.58. The van der Waals surface area contributed by atoms with Crippen LogP contribution in [0.2, 0.25) is 0 Å². The molecule has 2 saturated heterocycles. The Bertz CT molecular complexity index is 1390. The Labute approximate surface area is 275 Å². The predicted octanol–water partition coefficient (Wildman–Crippen LogP) is 2.08. The maximum absolute atomic E-state index is 13.9. The van der Waals surface area contributed by atoms with Gasteiger partial charge in [0.15, 0.2) is 0 Å². The fraction of sp³-hybridized carbons (Fsp3) is 0.486. The Hall–Kier alpha value is -4.83. The molecule has 0 radical (unpaired) electrons. The molecule has 12 heteroatoms. The summed E-state index contributed by atoms with van der Waals surface area (Å²) < 4.78 is 0. The summed E-state index contributed by atoms with van der Waals surface area (Å²) in [5.41, 5.74) is 8.55. The second-order valence-corrected chi connectivity index (χ2v) is 11.9. The van der Waals surface area contributed by atoms with E-state index in [0.29, 0.717) is 25.7 Å². The summed E-state index contributed by atoms with van der Waals surface area (Å²) in [6.07, 6.45) is 6.15. The molecule has 2 heterocycles. The zero-order chi connectivity index (χ0) is 34.2. The summed E-state index contributed by atoms with van der Waals surface area (Å²) in [7, 11) is 0. The van der Waals surface area contributed by atoms with Crippen molar-refractivity contribution < 1.29 is 33.6 Å². The predicted molar refractivity (Wildman–Crippen MR) is 172 cm³/mol. The number of nitrogens with zero attached hydrogens (tertiary/aromatic N) is 1. The first kappa shape index (κ1) is 36.6. The fourth-order valence-electron chi connectivity index (χ4n) is 6.12. The van der Waals surface area contributed by atoms with E-state index >= 15 is 0 Å². The van der Waals surface area contributed by atoms with Gasteiger partial charge in [0.2, 0.25) is 29.5 Å². The first-order valence-corrected chi connectivity index (χ1v) is 16.3. The van der Waals surface area contributed by atoms with E-state index in [-0.39, 0.29) is 49.8 Å². The van der Waals surface area contributed by atoms with E-state index in [0.717, 1.165) is 36.8 Å². The Morgan fingerprint density at radius 1 is 0.894 bits per heavy atom. The number of hydrogen-bond donors (Lipinski definition) is 4. The summed E-state index contributed by atoms with van der Waals surface area (Å²) in [6.45, 7) is 2.37. The van der Waals surface area contributed by atoms with Crippen LogP contribution in [0.15, 0.2) is 54.6 Å². The number of amides is 5. The molecule has 5 N–H and O–H groups in total. The van der Waals surface area contributed by atoms with Gasteiger partial charge in [-0.2, -0.15) is 9.59 Å². The summed E-state index contributed by atoms with van der Waals surface area (Å²) in [5.74, 6) is -1.88. The van der Waals surface area contributed by atoms with Crippen LogP contribution in [0.5, 0.6) is 0 Å². The van der Waals surface area contributed by atoms with Crippen LogP contribution in [0, 0.1) is 0 Å². The monoisotopic (exact) mass is 647 g/mol. The van der Waals surface area contributed by atoms with Crippen LogP contribution in [-0.2, 0) is 52.9 Å². The summed E-state index contributed by atoms with van der Waals surface area (Å²) in [6, 6.07) is 15.0. The van der Waals surface area contributed by atoms with E-state index in [9.17, 15) is 24.0 Å². The highest BCUT2D eigenvalue weighted by molar-refractivity contribution is 5.95. The average molecular weight is 648 g/mol. The molecular formula is C35H45N5O7. The molecule has 0 saturated carbocycles. The first-order chi connectivity index (χ1) is 22.7. The molecule has 2 aromatic carbocycles. The van der Waals surface area contributed by atoms with Crippen molar-refractivity contribution in [1.82, 2.24) is 20.9 Å². The van der Waals surface area contributed by atoms with Gasteiger partial charge in [0.1, 0.15) is 18.1 Å². The molecule has 0 aromatic heterocycles. The van der Waals surface area contributed by atoms with Crippen molar-refractivity contribution in [3.63, 3.8) is 0 Å². The fourth-order valence-corrected chi connectivity index (χ4v) is 6.12. The highest BCUT2D eigenvalue weighted by Crippen LogP contribution is 2.31. The maximum Gasteiger partial charge on any atom is 0.373 e. The van der Waals surface area contributed by atoms with Gasteiger partial charge in [-0.05, 0) is 61.6 Å². The highest BCUT2D eigenvalue weighted by Gasteiger charge is 2.44. The standard InChI is InChI=1S/C34H45N5O5.CO2/c1-2-23-12-14-24(15-13-23)16-21-31(41)37-28-11-7-6-10-26-17-19-29(39(26)34(28)44)33(43)38-27(18-20-30(35)40)32(42)36-22-25-8-4-3-5-9-25;2-1-3/h3-5,8-9,12-15,26-29H,2,6-7,10-11,16-22H2,1H3,(H2,35,40)(H,36,42)(H,37,41)(H,38,43);/t26?,27-,28-,29-;/m0./s1. The lowest BCUT2D eigenvalue weighted by Gasteiger charge is -2.35. The number of carbonyl (C=O) groups is 5. The van der Waals surface area contributed by atoms with Crippen molar-refractivity contribution in [3.8, 4) is 0 Å². The molecule has 2 aromatic rings. The van der Waals surface area contributed by atoms with Gasteiger partial charge < -0.3 is 26.6 Å². The van der Waals surface area contributed by atoms with Crippen LogP contribution in [-0.4, -0.2) is 64.8 Å². The van der Waals surface area contributed by atoms with Crippen molar-refractivity contribution in [2.24, 2.45) is 5.73 Å². The topological polar surface area (TPSA) is 185 Å². The van der Waals surface area contributed by atoms with E-state index in [4.69, 9.17) is 15.3 Å². The Kier molecular flexibility index (Phi) is 14.8. The van der Waals surface area contributed by atoms with Gasteiger partial charge in [0.25, 0.3) is 0 Å². The number of carbonyl (C=O) groups excluding carboxylic acids is 7. The minimum Gasteiger partial charge on any atom is -0.370 e. The number of benzene rings is 2. The van der Waals surface area contributed by atoms with Gasteiger partial charge in [0.05, 0.1) is 0 Å². The second kappa shape index (κ2) is 19.0. The van der Waals surface area contributed by atoms with Crippen LogP contribution < -0.4 is 21.7 Å². The molecular weight excluding hydrogens is 602 g/mol. The molecule has 252 valence electrons. The van der Waals surface area contributed by atoms with E-state index in [1.165, 1.54) is 5.56 Å². The van der Waals surface area contributed by atoms with E-state index in [1.807, 2.05) is 42.5 Å². The van der Waals surface area contributed by atoms with Gasteiger partial charge in [-0.3, -0.25) is 24.0 Å². The third-order valence-electron chi connectivity index (χ3n) is 8.67. The second-order valence-electron chi connectivity index (χ2n) is 11.9. The van der Waals surface area contributed by atoms with Gasteiger partial charge in [-0.1, -0.05) is 74.4 Å². The van der Waals surface area contributed by atoms with Crippen molar-refractivity contribution >= 4 is 35.7 Å². The number of nitrogens with two attached hydrogens (primary N) is 1. The molecule has 4 atom stereocenters. The zero-order valence-corrected chi connectivity index (χ0v) is 26.9. The number of rotatable bonds is 13. The summed E-state index contributed by atoms with van der Waals surface area (Å²) in [4.78, 5) is 82.9. The van der Waals surface area contributed by atoms with E-state index < -0.39 is 35.8 Å². The molecule has 2 fully saturated rings. The Morgan fingerprint density at radius 3 is 2.21 bits per heavy atom. The summed E-state index contributed by atoms with van der Waals surface area (Å²) in [5, 5.41) is 8.58. The molecule has 0 aliphatic carbocycles. The van der Waals surface area contributed by atoms with Crippen molar-refractivity contribution in [1.29, 1.82) is 0 Å². The third kappa shape index (κ3) is 11.5. The minimum atomic E-state index is -0.982. The molecule has 4 rings (SSSR count). The lowest BCUT2D eigenvalue weighted by atomic mass is 9.98. The molecule has 2 aliphatic heterocycles. The van der Waals surface area contributed by atoms with Crippen LogP contribution in [0.3, 0.4) is 0 Å². The highest BCUT2D eigenvalue weighted by atomic mass is 16.2. The van der Waals surface area contributed by atoms with Crippen molar-refractivity contribution in [2.45, 2.75) is 108 Å². The van der Waals surface area contributed by atoms with E-state index in [2.05, 4.69) is 35.0 Å². The van der Waals surface area contributed by atoms with Crippen molar-refractivity contribution in [2.75, 3.05) is 0 Å². The van der Waals surface area contributed by atoms with Gasteiger partial charge in [-0.25, -0.2) is 0 Å². The lowest BCUT2D eigenvalue weighted by molar-refractivity contribution is -0.191. The zero-order valence-electron chi connectivity index (χ0n) is 26.9. The van der Waals surface area contributed by atoms with Gasteiger partial charge in [-0.15, -0.1) is 0 Å². The first-order valence-electron chi connectivity index (χ1n) is 16.3. The normalized spacial score (nSPS) is 19.4. The molecule has 5 amide bonds. The molecule has 2 aliphatic rings. The average Bonchev–Trinajstić information content (AvgIpc) is 3.49. The summed E-state index contributed by atoms with van der Waals surface area (Å²) >= 11 is 0. The third-order valence-corrected chi connectivity index (χ3v) is 8.67. The number of fused-ring (bicyclic) bond motifs is 1. The maximum atomic E-state index is 13.9. The molecule has 12 nitrogen and oxygen atoms in total. The largest absolute Gasteiger partial charge is 0.373 e. The SMILES string of the molecule is CCc1ccc(CCC(=O)N[C@H]2CCCCC3CC[C@@H](C(=O)N[C@@H](CCC(N)=O)C(=O)NCc4ccccc4)N3C2=O)cc1.O=C=O. The van der Waals surface area contributed by atoms with Crippen LogP contribution in [0.1, 0.15) is 81.4 Å². The number of hydrogen-bond acceptors (Lipinski definition) is 7. The van der Waals surface area contributed by atoms with Crippen LogP contribution in [0.4, 0.5) is 0 Å².